The van der Waals surface area contributed by atoms with Crippen LogP contribution in [0.3, 0.4) is 0 Å². The SMILES string of the molecule is N#C[C@H]1[C@@H](c2ccc(-c3ccc(F)cc3)cc2)[C@@H](CO)N1S(=O)(=O)Cc1ccccc1. The molecule has 31 heavy (non-hydrogen) atoms. The molecule has 0 aliphatic carbocycles. The van der Waals surface area contributed by atoms with Gasteiger partial charge in [-0.15, -0.1) is 0 Å². The maximum absolute atomic E-state index is 13.2. The van der Waals surface area contributed by atoms with Gasteiger partial charge in [-0.1, -0.05) is 66.7 Å². The van der Waals surface area contributed by atoms with Crippen molar-refractivity contribution in [1.82, 2.24) is 4.31 Å². The summed E-state index contributed by atoms with van der Waals surface area (Å²) < 4.78 is 40.3. The van der Waals surface area contributed by atoms with E-state index < -0.39 is 28.0 Å². The Morgan fingerprint density at radius 2 is 1.52 bits per heavy atom. The summed E-state index contributed by atoms with van der Waals surface area (Å²) in [5.41, 5.74) is 3.14. The Hall–Kier alpha value is -3.05. The molecule has 0 spiro atoms. The first kappa shape index (κ1) is 21.2. The predicted octanol–water partition coefficient (Wildman–Crippen LogP) is 3.67. The first-order valence-electron chi connectivity index (χ1n) is 9.86. The molecule has 1 aliphatic heterocycles. The highest BCUT2D eigenvalue weighted by Crippen LogP contribution is 2.43. The van der Waals surface area contributed by atoms with Gasteiger partial charge in [0.1, 0.15) is 11.9 Å². The summed E-state index contributed by atoms with van der Waals surface area (Å²) in [6, 6.07) is 22.8. The molecule has 7 heteroatoms. The van der Waals surface area contributed by atoms with Gasteiger partial charge < -0.3 is 5.11 Å². The number of sulfonamides is 1. The highest BCUT2D eigenvalue weighted by atomic mass is 32.2. The molecule has 0 amide bonds. The summed E-state index contributed by atoms with van der Waals surface area (Å²) in [7, 11) is -3.78. The third kappa shape index (κ3) is 4.10. The molecule has 158 valence electrons. The molecule has 0 aromatic heterocycles. The number of nitriles is 1. The van der Waals surface area contributed by atoms with Gasteiger partial charge in [-0.25, -0.2) is 12.8 Å². The van der Waals surface area contributed by atoms with Gasteiger partial charge >= 0.3 is 0 Å². The molecule has 5 nitrogen and oxygen atoms in total. The lowest BCUT2D eigenvalue weighted by Crippen LogP contribution is -2.65. The van der Waals surface area contributed by atoms with E-state index in [-0.39, 0.29) is 18.2 Å². The Kier molecular flexibility index (Phi) is 5.88. The third-order valence-electron chi connectivity index (χ3n) is 5.66. The van der Waals surface area contributed by atoms with Crippen LogP contribution in [0.15, 0.2) is 78.9 Å². The van der Waals surface area contributed by atoms with Crippen LogP contribution in [0.4, 0.5) is 4.39 Å². The average Bonchev–Trinajstić information content (AvgIpc) is 2.75. The number of hydrogen-bond donors (Lipinski definition) is 1. The lowest BCUT2D eigenvalue weighted by Gasteiger charge is -2.50. The summed E-state index contributed by atoms with van der Waals surface area (Å²) >= 11 is 0. The second kappa shape index (κ2) is 8.60. The van der Waals surface area contributed by atoms with Gasteiger partial charge in [0.05, 0.1) is 24.5 Å². The zero-order chi connectivity index (χ0) is 22.0. The van der Waals surface area contributed by atoms with E-state index >= 15 is 0 Å². The van der Waals surface area contributed by atoms with Gasteiger partial charge in [0.25, 0.3) is 0 Å². The van der Waals surface area contributed by atoms with E-state index in [1.54, 1.807) is 42.5 Å². The smallest absolute Gasteiger partial charge is 0.219 e. The molecule has 0 radical (unpaired) electrons. The van der Waals surface area contributed by atoms with Crippen molar-refractivity contribution >= 4 is 10.0 Å². The number of aliphatic hydroxyl groups excluding tert-OH is 1. The van der Waals surface area contributed by atoms with Crippen LogP contribution < -0.4 is 0 Å². The Labute approximate surface area is 181 Å². The summed E-state index contributed by atoms with van der Waals surface area (Å²) in [5.74, 6) is -0.962. The van der Waals surface area contributed by atoms with Crippen molar-refractivity contribution in [2.45, 2.75) is 23.8 Å². The fourth-order valence-corrected chi connectivity index (χ4v) is 6.04. The first-order chi connectivity index (χ1) is 14.9. The highest BCUT2D eigenvalue weighted by Gasteiger charge is 2.54. The minimum Gasteiger partial charge on any atom is -0.395 e. The van der Waals surface area contributed by atoms with Crippen molar-refractivity contribution in [1.29, 1.82) is 5.26 Å². The van der Waals surface area contributed by atoms with E-state index in [1.807, 2.05) is 24.3 Å². The van der Waals surface area contributed by atoms with Crippen molar-refractivity contribution in [2.75, 3.05) is 6.61 Å². The average molecular weight is 437 g/mol. The fraction of sp³-hybridized carbons (Fsp3) is 0.208. The maximum atomic E-state index is 13.2. The molecule has 3 atom stereocenters. The number of halogens is 1. The molecular formula is C24H21FN2O3S. The summed E-state index contributed by atoms with van der Waals surface area (Å²) in [4.78, 5) is 0. The molecule has 3 aromatic rings. The predicted molar refractivity (Wildman–Crippen MR) is 116 cm³/mol. The number of benzene rings is 3. The zero-order valence-electron chi connectivity index (χ0n) is 16.6. The van der Waals surface area contributed by atoms with Crippen molar-refractivity contribution in [2.24, 2.45) is 0 Å². The molecule has 0 unspecified atom stereocenters. The Morgan fingerprint density at radius 3 is 2.06 bits per heavy atom. The van der Waals surface area contributed by atoms with Crippen LogP contribution in [0, 0.1) is 17.1 Å². The highest BCUT2D eigenvalue weighted by molar-refractivity contribution is 7.88. The van der Waals surface area contributed by atoms with Gasteiger partial charge in [-0.2, -0.15) is 9.57 Å². The standard InChI is InChI=1S/C24H21FN2O3S/c25-21-12-10-19(11-13-21)18-6-8-20(9-7-18)24-22(14-26)27(23(24)15-28)31(29,30)16-17-4-2-1-3-5-17/h1-13,22-24,28H,15-16H2/t22-,23+,24+/m0/s1. The number of hydrogen-bond acceptors (Lipinski definition) is 4. The Morgan fingerprint density at radius 1 is 0.935 bits per heavy atom. The Bertz CT molecular complexity index is 1190. The topological polar surface area (TPSA) is 81.4 Å². The molecule has 4 rings (SSSR count). The minimum absolute atomic E-state index is 0.223. The van der Waals surface area contributed by atoms with Crippen molar-refractivity contribution in [3.63, 3.8) is 0 Å². The molecule has 1 saturated heterocycles. The van der Waals surface area contributed by atoms with Crippen molar-refractivity contribution in [3.8, 4) is 17.2 Å². The van der Waals surface area contributed by atoms with Crippen molar-refractivity contribution in [3.05, 3.63) is 95.8 Å². The van der Waals surface area contributed by atoms with E-state index in [9.17, 15) is 23.2 Å². The third-order valence-corrected chi connectivity index (χ3v) is 7.50. The normalized spacial score (nSPS) is 21.3. The minimum atomic E-state index is -3.78. The van der Waals surface area contributed by atoms with Crippen LogP contribution in [0.2, 0.25) is 0 Å². The van der Waals surface area contributed by atoms with Gasteiger partial charge in [0, 0.05) is 5.92 Å². The molecule has 3 aromatic carbocycles. The van der Waals surface area contributed by atoms with Crippen molar-refractivity contribution < 1.29 is 17.9 Å². The first-order valence-corrected chi connectivity index (χ1v) is 11.5. The fourth-order valence-electron chi connectivity index (χ4n) is 4.15. The molecule has 1 aliphatic rings. The van der Waals surface area contributed by atoms with Crippen LogP contribution in [-0.2, 0) is 15.8 Å². The van der Waals surface area contributed by atoms with E-state index in [0.29, 0.717) is 5.56 Å². The summed E-state index contributed by atoms with van der Waals surface area (Å²) in [6.45, 7) is -0.378. The molecule has 1 fully saturated rings. The van der Waals surface area contributed by atoms with Crippen LogP contribution in [0.5, 0.6) is 0 Å². The lowest BCUT2D eigenvalue weighted by molar-refractivity contribution is 0.0555. The van der Waals surface area contributed by atoms with Gasteiger partial charge in [-0.3, -0.25) is 0 Å². The second-order valence-electron chi connectivity index (χ2n) is 7.55. The molecule has 1 N–H and O–H groups in total. The van der Waals surface area contributed by atoms with Gasteiger partial charge in [0.15, 0.2) is 0 Å². The van der Waals surface area contributed by atoms with Crippen LogP contribution in [0.1, 0.15) is 17.0 Å². The van der Waals surface area contributed by atoms with Crippen LogP contribution >= 0.6 is 0 Å². The largest absolute Gasteiger partial charge is 0.395 e. The van der Waals surface area contributed by atoms with Gasteiger partial charge in [-0.05, 0) is 34.4 Å². The molecular weight excluding hydrogens is 415 g/mol. The second-order valence-corrected chi connectivity index (χ2v) is 9.42. The van der Waals surface area contributed by atoms with E-state index in [0.717, 1.165) is 21.0 Å². The monoisotopic (exact) mass is 436 g/mol. The number of nitrogens with zero attached hydrogens (tertiary/aromatic N) is 2. The van der Waals surface area contributed by atoms with Gasteiger partial charge in [0.2, 0.25) is 10.0 Å². The van der Waals surface area contributed by atoms with Crippen LogP contribution in [-0.4, -0.2) is 36.5 Å². The molecule has 0 saturated carbocycles. The lowest BCUT2D eigenvalue weighted by atomic mass is 9.78. The molecule has 1 heterocycles. The van der Waals surface area contributed by atoms with E-state index in [2.05, 4.69) is 6.07 Å². The number of aliphatic hydroxyl groups is 1. The quantitative estimate of drug-likeness (QED) is 0.639. The Balaban J connectivity index is 1.58. The maximum Gasteiger partial charge on any atom is 0.219 e. The summed E-state index contributed by atoms with van der Waals surface area (Å²) in [6.07, 6.45) is 0. The van der Waals surface area contributed by atoms with Crippen LogP contribution in [0.25, 0.3) is 11.1 Å². The summed E-state index contributed by atoms with van der Waals surface area (Å²) in [5, 5.41) is 19.7. The molecule has 0 bridgehead atoms. The zero-order valence-corrected chi connectivity index (χ0v) is 17.4. The number of rotatable bonds is 6. The van der Waals surface area contributed by atoms with E-state index in [4.69, 9.17) is 0 Å². The van der Waals surface area contributed by atoms with E-state index in [1.165, 1.54) is 12.1 Å².